The molecule has 1 heterocycles. The second kappa shape index (κ2) is 5.61. The summed E-state index contributed by atoms with van der Waals surface area (Å²) in [6, 6.07) is 17.2. The van der Waals surface area contributed by atoms with Crippen molar-refractivity contribution in [2.75, 3.05) is 6.54 Å². The number of amides is 1. The van der Waals surface area contributed by atoms with Crippen molar-refractivity contribution in [1.29, 1.82) is 0 Å². The highest BCUT2D eigenvalue weighted by molar-refractivity contribution is 5.94. The normalized spacial score (nSPS) is 10.6. The Bertz CT molecular complexity index is 716. The van der Waals surface area contributed by atoms with Crippen LogP contribution in [0.15, 0.2) is 65.3 Å². The fourth-order valence-corrected chi connectivity index (χ4v) is 2.23. The number of carbonyl (C=O) groups is 1. The van der Waals surface area contributed by atoms with E-state index in [4.69, 9.17) is 4.42 Å². The summed E-state index contributed by atoms with van der Waals surface area (Å²) in [5.41, 5.74) is 2.69. The van der Waals surface area contributed by atoms with Crippen LogP contribution in [0.25, 0.3) is 11.0 Å². The number of hydrogen-bond donors (Lipinski definition) is 1. The van der Waals surface area contributed by atoms with Gasteiger partial charge in [0.15, 0.2) is 0 Å². The van der Waals surface area contributed by atoms with Gasteiger partial charge in [-0.1, -0.05) is 36.4 Å². The number of benzene rings is 2. The standard InChI is InChI=1S/C17H15NO2/c19-17(13-6-2-1-3-7-13)18-11-10-14-12-20-16-9-5-4-8-15(14)16/h1-9,12H,10-11H2,(H,18,19). The van der Waals surface area contributed by atoms with Gasteiger partial charge in [0.1, 0.15) is 5.58 Å². The molecule has 3 rings (SSSR count). The van der Waals surface area contributed by atoms with Crippen LogP contribution in [-0.4, -0.2) is 12.5 Å². The molecule has 20 heavy (non-hydrogen) atoms. The molecule has 0 spiro atoms. The second-order valence-corrected chi connectivity index (χ2v) is 4.63. The number of furan rings is 1. The minimum atomic E-state index is -0.0431. The van der Waals surface area contributed by atoms with Gasteiger partial charge in [0.05, 0.1) is 6.26 Å². The zero-order chi connectivity index (χ0) is 13.8. The zero-order valence-corrected chi connectivity index (χ0v) is 11.0. The van der Waals surface area contributed by atoms with Crippen LogP contribution in [0.2, 0.25) is 0 Å². The molecule has 1 amide bonds. The van der Waals surface area contributed by atoms with E-state index in [0.29, 0.717) is 12.1 Å². The van der Waals surface area contributed by atoms with Gasteiger partial charge in [-0.3, -0.25) is 4.79 Å². The van der Waals surface area contributed by atoms with Gasteiger partial charge in [0, 0.05) is 17.5 Å². The number of fused-ring (bicyclic) bond motifs is 1. The smallest absolute Gasteiger partial charge is 0.251 e. The Labute approximate surface area is 117 Å². The highest BCUT2D eigenvalue weighted by Gasteiger charge is 2.07. The molecule has 0 aliphatic rings. The second-order valence-electron chi connectivity index (χ2n) is 4.63. The Hall–Kier alpha value is -2.55. The molecule has 1 aromatic heterocycles. The van der Waals surface area contributed by atoms with Crippen molar-refractivity contribution in [1.82, 2.24) is 5.32 Å². The van der Waals surface area contributed by atoms with Crippen LogP contribution in [-0.2, 0) is 6.42 Å². The molecule has 3 nitrogen and oxygen atoms in total. The topological polar surface area (TPSA) is 42.2 Å². The molecule has 0 unspecified atom stereocenters. The van der Waals surface area contributed by atoms with Gasteiger partial charge in [-0.2, -0.15) is 0 Å². The zero-order valence-electron chi connectivity index (χ0n) is 11.0. The Kier molecular flexibility index (Phi) is 3.50. The molecule has 1 N–H and O–H groups in total. The molecular formula is C17H15NO2. The Morgan fingerprint density at radius 2 is 1.75 bits per heavy atom. The van der Waals surface area contributed by atoms with Crippen LogP contribution < -0.4 is 5.32 Å². The predicted molar refractivity (Wildman–Crippen MR) is 78.7 cm³/mol. The van der Waals surface area contributed by atoms with E-state index in [1.54, 1.807) is 6.26 Å². The van der Waals surface area contributed by atoms with Crippen LogP contribution in [0.1, 0.15) is 15.9 Å². The fraction of sp³-hybridized carbons (Fsp3) is 0.118. The molecular weight excluding hydrogens is 250 g/mol. The molecule has 3 heteroatoms. The maximum absolute atomic E-state index is 11.9. The van der Waals surface area contributed by atoms with E-state index in [2.05, 4.69) is 5.32 Å². The first-order chi connectivity index (χ1) is 9.84. The van der Waals surface area contributed by atoms with Crippen LogP contribution in [0.3, 0.4) is 0 Å². The Morgan fingerprint density at radius 3 is 2.60 bits per heavy atom. The van der Waals surface area contributed by atoms with Crippen LogP contribution in [0.5, 0.6) is 0 Å². The van der Waals surface area contributed by atoms with Gasteiger partial charge in [-0.05, 0) is 30.2 Å². The van der Waals surface area contributed by atoms with Crippen LogP contribution in [0, 0.1) is 0 Å². The van der Waals surface area contributed by atoms with Crippen molar-refractivity contribution >= 4 is 16.9 Å². The summed E-state index contributed by atoms with van der Waals surface area (Å²) in [4.78, 5) is 11.9. The largest absolute Gasteiger partial charge is 0.464 e. The first kappa shape index (κ1) is 12.5. The van der Waals surface area contributed by atoms with Crippen molar-refractivity contribution in [2.45, 2.75) is 6.42 Å². The number of nitrogens with one attached hydrogen (secondary N) is 1. The predicted octanol–water partition coefficient (Wildman–Crippen LogP) is 3.41. The molecule has 2 aromatic carbocycles. The van der Waals surface area contributed by atoms with Crippen LogP contribution >= 0.6 is 0 Å². The third-order valence-corrected chi connectivity index (χ3v) is 3.28. The summed E-state index contributed by atoms with van der Waals surface area (Å²) in [5.74, 6) is -0.0431. The number of para-hydroxylation sites is 1. The van der Waals surface area contributed by atoms with Crippen molar-refractivity contribution in [3.8, 4) is 0 Å². The van der Waals surface area contributed by atoms with Crippen molar-refractivity contribution < 1.29 is 9.21 Å². The highest BCUT2D eigenvalue weighted by atomic mass is 16.3. The molecule has 0 aliphatic heterocycles. The summed E-state index contributed by atoms with van der Waals surface area (Å²) < 4.78 is 5.48. The van der Waals surface area contributed by atoms with Crippen LogP contribution in [0.4, 0.5) is 0 Å². The lowest BCUT2D eigenvalue weighted by Gasteiger charge is -2.04. The van der Waals surface area contributed by atoms with Crippen molar-refractivity contribution in [2.24, 2.45) is 0 Å². The first-order valence-electron chi connectivity index (χ1n) is 6.63. The van der Waals surface area contributed by atoms with Gasteiger partial charge < -0.3 is 9.73 Å². The van der Waals surface area contributed by atoms with E-state index < -0.39 is 0 Å². The molecule has 0 aliphatic carbocycles. The Balaban J connectivity index is 1.62. The van der Waals surface area contributed by atoms with Gasteiger partial charge in [0.25, 0.3) is 5.91 Å². The van der Waals surface area contributed by atoms with Gasteiger partial charge >= 0.3 is 0 Å². The molecule has 3 aromatic rings. The number of carbonyl (C=O) groups excluding carboxylic acids is 1. The SMILES string of the molecule is O=C(NCCc1coc2ccccc12)c1ccccc1. The molecule has 0 radical (unpaired) electrons. The maximum atomic E-state index is 11.9. The average Bonchev–Trinajstić information content (AvgIpc) is 2.92. The summed E-state index contributed by atoms with van der Waals surface area (Å²) in [5, 5.41) is 4.03. The summed E-state index contributed by atoms with van der Waals surface area (Å²) in [7, 11) is 0. The monoisotopic (exact) mass is 265 g/mol. The van der Waals surface area contributed by atoms with Gasteiger partial charge in [-0.25, -0.2) is 0 Å². The van der Waals surface area contributed by atoms with Gasteiger partial charge in [0.2, 0.25) is 0 Å². The minimum Gasteiger partial charge on any atom is -0.464 e. The third-order valence-electron chi connectivity index (χ3n) is 3.28. The minimum absolute atomic E-state index is 0.0431. The average molecular weight is 265 g/mol. The number of hydrogen-bond acceptors (Lipinski definition) is 2. The molecule has 0 saturated heterocycles. The lowest BCUT2D eigenvalue weighted by atomic mass is 10.1. The van der Waals surface area contributed by atoms with Gasteiger partial charge in [-0.15, -0.1) is 0 Å². The lowest BCUT2D eigenvalue weighted by Crippen LogP contribution is -2.25. The lowest BCUT2D eigenvalue weighted by molar-refractivity contribution is 0.0954. The highest BCUT2D eigenvalue weighted by Crippen LogP contribution is 2.20. The first-order valence-corrected chi connectivity index (χ1v) is 6.63. The number of rotatable bonds is 4. The van der Waals surface area contributed by atoms with E-state index in [9.17, 15) is 4.79 Å². The van der Waals surface area contributed by atoms with E-state index in [1.807, 2.05) is 54.6 Å². The molecule has 0 saturated carbocycles. The summed E-state index contributed by atoms with van der Waals surface area (Å²) in [6.45, 7) is 0.594. The quantitative estimate of drug-likeness (QED) is 0.785. The van der Waals surface area contributed by atoms with E-state index in [-0.39, 0.29) is 5.91 Å². The third kappa shape index (κ3) is 2.57. The summed E-state index contributed by atoms with van der Waals surface area (Å²) >= 11 is 0. The Morgan fingerprint density at radius 1 is 1.00 bits per heavy atom. The fourth-order valence-electron chi connectivity index (χ4n) is 2.23. The van der Waals surface area contributed by atoms with E-state index >= 15 is 0 Å². The maximum Gasteiger partial charge on any atom is 0.251 e. The molecule has 100 valence electrons. The van der Waals surface area contributed by atoms with Crippen molar-refractivity contribution in [3.05, 3.63) is 72.0 Å². The van der Waals surface area contributed by atoms with E-state index in [0.717, 1.165) is 23.0 Å². The molecule has 0 atom stereocenters. The van der Waals surface area contributed by atoms with Crippen molar-refractivity contribution in [3.63, 3.8) is 0 Å². The molecule has 0 fully saturated rings. The molecule has 0 bridgehead atoms. The summed E-state index contributed by atoms with van der Waals surface area (Å²) in [6.07, 6.45) is 2.52. The van der Waals surface area contributed by atoms with E-state index in [1.165, 1.54) is 0 Å².